The van der Waals surface area contributed by atoms with E-state index in [4.69, 9.17) is 10.5 Å². The molecule has 1 heterocycles. The van der Waals surface area contributed by atoms with Crippen LogP contribution in [-0.2, 0) is 0 Å². The van der Waals surface area contributed by atoms with Gasteiger partial charge in [0, 0.05) is 18.2 Å². The first kappa shape index (κ1) is 17.2. The summed E-state index contributed by atoms with van der Waals surface area (Å²) in [6.07, 6.45) is 4.20. The molecular weight excluding hydrogens is 307 g/mol. The number of halogens is 1. The molecule has 2 fully saturated rings. The van der Waals surface area contributed by atoms with E-state index in [1.165, 1.54) is 6.07 Å². The Balaban J connectivity index is 1.81. The molecule has 1 aliphatic heterocycles. The summed E-state index contributed by atoms with van der Waals surface area (Å²) in [6, 6.07) is 2.94. The molecule has 2 aliphatic rings. The van der Waals surface area contributed by atoms with Crippen LogP contribution in [0.15, 0.2) is 12.1 Å². The number of hydrogen-bond acceptors (Lipinski definition) is 3. The molecule has 4 nitrogen and oxygen atoms in total. The molecule has 1 amide bonds. The number of nitrogens with zero attached hydrogens (tertiary/aromatic N) is 1. The molecule has 1 aromatic rings. The first-order valence-electron chi connectivity index (χ1n) is 8.80. The Morgan fingerprint density at radius 3 is 2.58 bits per heavy atom. The highest BCUT2D eigenvalue weighted by atomic mass is 19.1. The van der Waals surface area contributed by atoms with Gasteiger partial charge in [-0.15, -0.1) is 0 Å². The number of benzene rings is 1. The molecule has 132 valence electrons. The van der Waals surface area contributed by atoms with Gasteiger partial charge in [-0.3, -0.25) is 9.69 Å². The van der Waals surface area contributed by atoms with E-state index in [9.17, 15) is 9.18 Å². The van der Waals surface area contributed by atoms with Crippen LogP contribution in [0.2, 0.25) is 0 Å². The molecule has 2 N–H and O–H groups in total. The second-order valence-electron chi connectivity index (χ2n) is 8.01. The Hall–Kier alpha value is -1.62. The third-order valence-corrected chi connectivity index (χ3v) is 5.00. The van der Waals surface area contributed by atoms with Gasteiger partial charge in [0.25, 0.3) is 5.91 Å². The van der Waals surface area contributed by atoms with Crippen LogP contribution in [0.1, 0.15) is 68.3 Å². The average Bonchev–Trinajstić information content (AvgIpc) is 3.31. The summed E-state index contributed by atoms with van der Waals surface area (Å²) in [5.74, 6) is -0.371. The summed E-state index contributed by atoms with van der Waals surface area (Å²) in [5.41, 5.74) is 6.27. The van der Waals surface area contributed by atoms with Crippen molar-refractivity contribution >= 4 is 5.91 Å². The molecular formula is C19H27FN2O2. The second kappa shape index (κ2) is 6.36. The Labute approximate surface area is 143 Å². The summed E-state index contributed by atoms with van der Waals surface area (Å²) < 4.78 is 20.4. The highest BCUT2D eigenvalue weighted by molar-refractivity contribution is 5.93. The van der Waals surface area contributed by atoms with Gasteiger partial charge in [0.2, 0.25) is 0 Å². The molecule has 1 unspecified atom stereocenters. The number of carbonyl (C=O) groups excluding carboxylic acids is 1. The quantitative estimate of drug-likeness (QED) is 0.917. The molecule has 1 aromatic carbocycles. The number of ether oxygens (including phenoxy) is 1. The van der Waals surface area contributed by atoms with Gasteiger partial charge in [-0.2, -0.15) is 0 Å². The molecule has 0 aromatic heterocycles. The van der Waals surface area contributed by atoms with Crippen molar-refractivity contribution in [1.82, 2.24) is 4.90 Å². The number of carbonyl (C=O) groups is 1. The number of nitrogens with two attached hydrogens (primary N) is 1. The van der Waals surface area contributed by atoms with Crippen molar-refractivity contribution in [2.24, 2.45) is 5.73 Å². The lowest BCUT2D eigenvalue weighted by Gasteiger charge is -2.41. The van der Waals surface area contributed by atoms with E-state index < -0.39 is 11.7 Å². The lowest BCUT2D eigenvalue weighted by molar-refractivity contribution is 0.0341. The second-order valence-corrected chi connectivity index (χ2v) is 8.01. The Bertz CT molecular complexity index is 635. The molecule has 1 aliphatic carbocycles. The van der Waals surface area contributed by atoms with Crippen LogP contribution in [0.4, 0.5) is 4.39 Å². The van der Waals surface area contributed by atoms with Crippen molar-refractivity contribution in [3.63, 3.8) is 0 Å². The largest absolute Gasteiger partial charge is 0.489 e. The number of piperidine rings is 1. The minimum atomic E-state index is -0.725. The number of amides is 1. The number of primary amides is 1. The summed E-state index contributed by atoms with van der Waals surface area (Å²) in [6.45, 7) is 8.51. The molecule has 0 bridgehead atoms. The van der Waals surface area contributed by atoms with E-state index in [1.807, 2.05) is 0 Å². The SMILES string of the molecule is CC(C)(C)N1CCCC(Oc2cc(F)c(C(N)=O)cc2C2CC2)C1. The predicted octanol–water partition coefficient (Wildman–Crippen LogP) is 3.44. The van der Waals surface area contributed by atoms with E-state index in [0.717, 1.165) is 44.3 Å². The molecule has 1 saturated carbocycles. The minimum Gasteiger partial charge on any atom is -0.489 e. The summed E-state index contributed by atoms with van der Waals surface area (Å²) >= 11 is 0. The maximum atomic E-state index is 14.2. The van der Waals surface area contributed by atoms with Crippen LogP contribution < -0.4 is 10.5 Å². The first-order chi connectivity index (χ1) is 11.3. The molecule has 1 saturated heterocycles. The van der Waals surface area contributed by atoms with Gasteiger partial charge in [-0.1, -0.05) is 0 Å². The van der Waals surface area contributed by atoms with Crippen molar-refractivity contribution in [3.05, 3.63) is 29.1 Å². The van der Waals surface area contributed by atoms with E-state index in [-0.39, 0.29) is 17.2 Å². The fourth-order valence-electron chi connectivity index (χ4n) is 3.40. The van der Waals surface area contributed by atoms with Gasteiger partial charge in [0.1, 0.15) is 17.7 Å². The highest BCUT2D eigenvalue weighted by Crippen LogP contribution is 2.45. The van der Waals surface area contributed by atoms with Gasteiger partial charge >= 0.3 is 0 Å². The van der Waals surface area contributed by atoms with Crippen LogP contribution >= 0.6 is 0 Å². The van der Waals surface area contributed by atoms with Gasteiger partial charge < -0.3 is 10.5 Å². The zero-order valence-electron chi connectivity index (χ0n) is 14.8. The van der Waals surface area contributed by atoms with Crippen LogP contribution in [0, 0.1) is 5.82 Å². The van der Waals surface area contributed by atoms with E-state index >= 15 is 0 Å². The van der Waals surface area contributed by atoms with E-state index in [0.29, 0.717) is 11.7 Å². The van der Waals surface area contributed by atoms with Crippen molar-refractivity contribution in [2.45, 2.75) is 64.0 Å². The lowest BCUT2D eigenvalue weighted by atomic mass is 9.99. The third kappa shape index (κ3) is 3.72. The Kier molecular flexibility index (Phi) is 4.56. The third-order valence-electron chi connectivity index (χ3n) is 5.00. The van der Waals surface area contributed by atoms with Crippen LogP contribution in [-0.4, -0.2) is 35.5 Å². The lowest BCUT2D eigenvalue weighted by Crippen LogP contribution is -2.50. The van der Waals surface area contributed by atoms with Crippen LogP contribution in [0.25, 0.3) is 0 Å². The smallest absolute Gasteiger partial charge is 0.251 e. The molecule has 1 atom stereocenters. The van der Waals surface area contributed by atoms with E-state index in [1.54, 1.807) is 6.07 Å². The Morgan fingerprint density at radius 2 is 2.00 bits per heavy atom. The maximum absolute atomic E-state index is 14.2. The minimum absolute atomic E-state index is 0.0378. The molecule has 0 radical (unpaired) electrons. The van der Waals surface area contributed by atoms with Crippen LogP contribution in [0.5, 0.6) is 5.75 Å². The zero-order valence-corrected chi connectivity index (χ0v) is 14.8. The molecule has 0 spiro atoms. The zero-order chi connectivity index (χ0) is 17.5. The van der Waals surface area contributed by atoms with E-state index in [2.05, 4.69) is 25.7 Å². The highest BCUT2D eigenvalue weighted by Gasteiger charge is 2.32. The van der Waals surface area contributed by atoms with Crippen molar-refractivity contribution < 1.29 is 13.9 Å². The van der Waals surface area contributed by atoms with Crippen molar-refractivity contribution in [3.8, 4) is 5.75 Å². The van der Waals surface area contributed by atoms with Gasteiger partial charge in [-0.05, 0) is 70.5 Å². The fraction of sp³-hybridized carbons (Fsp3) is 0.632. The van der Waals surface area contributed by atoms with Crippen molar-refractivity contribution in [1.29, 1.82) is 0 Å². The topological polar surface area (TPSA) is 55.6 Å². The average molecular weight is 334 g/mol. The normalized spacial score (nSPS) is 22.4. The first-order valence-corrected chi connectivity index (χ1v) is 8.80. The monoisotopic (exact) mass is 334 g/mol. The fourth-order valence-corrected chi connectivity index (χ4v) is 3.40. The predicted molar refractivity (Wildman–Crippen MR) is 91.9 cm³/mol. The molecule has 24 heavy (non-hydrogen) atoms. The number of hydrogen-bond donors (Lipinski definition) is 1. The molecule has 3 rings (SSSR count). The number of rotatable bonds is 4. The number of likely N-dealkylation sites (tertiary alicyclic amines) is 1. The van der Waals surface area contributed by atoms with Crippen LogP contribution in [0.3, 0.4) is 0 Å². The summed E-state index contributed by atoms with van der Waals surface area (Å²) in [7, 11) is 0. The van der Waals surface area contributed by atoms with Gasteiger partial charge in [-0.25, -0.2) is 4.39 Å². The van der Waals surface area contributed by atoms with Crippen molar-refractivity contribution in [2.75, 3.05) is 13.1 Å². The van der Waals surface area contributed by atoms with Gasteiger partial charge in [0.15, 0.2) is 0 Å². The molecule has 5 heteroatoms. The maximum Gasteiger partial charge on any atom is 0.251 e. The Morgan fingerprint density at radius 1 is 1.29 bits per heavy atom. The standard InChI is InChI=1S/C19H27FN2O2/c1-19(2,3)22-8-4-5-13(11-22)24-17-10-16(20)15(18(21)23)9-14(17)12-6-7-12/h9-10,12-13H,4-8,11H2,1-3H3,(H2,21,23). The van der Waals surface area contributed by atoms with Gasteiger partial charge in [0.05, 0.1) is 5.56 Å². The summed E-state index contributed by atoms with van der Waals surface area (Å²) in [4.78, 5) is 13.8. The summed E-state index contributed by atoms with van der Waals surface area (Å²) in [5, 5.41) is 0.